The van der Waals surface area contributed by atoms with E-state index in [1.54, 1.807) is 6.92 Å². The van der Waals surface area contributed by atoms with Crippen LogP contribution < -0.4 is 0 Å². The molecule has 38 heavy (non-hydrogen) atoms. The van der Waals surface area contributed by atoms with Gasteiger partial charge in [0.1, 0.15) is 35.9 Å². The number of carbonyl (C=O) groups is 1. The summed E-state index contributed by atoms with van der Waals surface area (Å²) in [4.78, 5) is 11.2. The van der Waals surface area contributed by atoms with Crippen molar-refractivity contribution in [1.82, 2.24) is 0 Å². The molecule has 2 rings (SSSR count). The summed E-state index contributed by atoms with van der Waals surface area (Å²) < 4.78 is 11.4. The van der Waals surface area contributed by atoms with Crippen molar-refractivity contribution in [2.45, 2.75) is 109 Å². The van der Waals surface area contributed by atoms with E-state index >= 15 is 0 Å². The number of aliphatic hydroxyl groups is 4. The molecule has 1 heterocycles. The molecular weight excluding hydrogens is 492 g/mol. The number of hydrogen-bond acceptors (Lipinski definition) is 9. The standard InChI is InChI=1S/C29H44O9/c1-17(8-6-9-18(2)11-12-20-22(32)14-19(3)21(15-30)24(20)33)10-7-13-29(4,5)38-28-27(36)26(35)25(34)23(16-31)37-28/h8,11,14-15,23,25-28,31-36H,6-7,9-10,12-13,16H2,1-5H3/b17-8+,18-11+. The molecule has 0 radical (unpaired) electrons. The molecule has 0 spiro atoms. The van der Waals surface area contributed by atoms with Crippen molar-refractivity contribution in [3.8, 4) is 11.5 Å². The summed E-state index contributed by atoms with van der Waals surface area (Å²) in [7, 11) is 0. The third-order valence-electron chi connectivity index (χ3n) is 7.07. The zero-order valence-corrected chi connectivity index (χ0v) is 23.1. The Kier molecular flexibility index (Phi) is 11.9. The lowest BCUT2D eigenvalue weighted by Crippen LogP contribution is -2.60. The second kappa shape index (κ2) is 14.2. The normalized spacial score (nSPS) is 25.0. The highest BCUT2D eigenvalue weighted by atomic mass is 16.7. The Labute approximate surface area is 225 Å². The van der Waals surface area contributed by atoms with Crippen LogP contribution >= 0.6 is 0 Å². The minimum absolute atomic E-state index is 0.0242. The van der Waals surface area contributed by atoms with E-state index < -0.39 is 42.9 Å². The number of aliphatic hydroxyl groups excluding tert-OH is 4. The smallest absolute Gasteiger partial charge is 0.187 e. The molecule has 9 heteroatoms. The van der Waals surface area contributed by atoms with Crippen LogP contribution in [0.15, 0.2) is 29.4 Å². The first-order valence-corrected chi connectivity index (χ1v) is 13.1. The average Bonchev–Trinajstić information content (AvgIpc) is 2.84. The Balaban J connectivity index is 1.81. The van der Waals surface area contributed by atoms with Crippen LogP contribution in [-0.4, -0.2) is 79.8 Å². The maximum Gasteiger partial charge on any atom is 0.187 e. The second-order valence-corrected chi connectivity index (χ2v) is 10.8. The summed E-state index contributed by atoms with van der Waals surface area (Å²) in [5.41, 5.74) is 2.75. The molecule has 1 aromatic carbocycles. The summed E-state index contributed by atoms with van der Waals surface area (Å²) in [6.07, 6.45) is 2.59. The first-order chi connectivity index (χ1) is 17.8. The number of aromatic hydroxyl groups is 2. The van der Waals surface area contributed by atoms with Gasteiger partial charge in [-0.2, -0.15) is 0 Å². The Bertz CT molecular complexity index is 996. The van der Waals surface area contributed by atoms with Gasteiger partial charge >= 0.3 is 0 Å². The monoisotopic (exact) mass is 536 g/mol. The molecule has 6 N–H and O–H groups in total. The van der Waals surface area contributed by atoms with Gasteiger partial charge in [-0.15, -0.1) is 0 Å². The molecule has 0 aliphatic carbocycles. The van der Waals surface area contributed by atoms with Crippen molar-refractivity contribution < 1.29 is 44.9 Å². The van der Waals surface area contributed by atoms with Gasteiger partial charge in [-0.25, -0.2) is 0 Å². The molecule has 0 bridgehead atoms. The van der Waals surface area contributed by atoms with Gasteiger partial charge in [0.15, 0.2) is 12.6 Å². The van der Waals surface area contributed by atoms with Crippen LogP contribution in [0, 0.1) is 6.92 Å². The number of aryl methyl sites for hydroxylation is 1. The van der Waals surface area contributed by atoms with Crippen LogP contribution in [0.5, 0.6) is 11.5 Å². The molecule has 214 valence electrons. The molecule has 5 unspecified atom stereocenters. The van der Waals surface area contributed by atoms with Crippen LogP contribution in [0.3, 0.4) is 0 Å². The van der Waals surface area contributed by atoms with E-state index in [2.05, 4.69) is 13.0 Å². The van der Waals surface area contributed by atoms with Crippen molar-refractivity contribution in [3.63, 3.8) is 0 Å². The number of hydrogen-bond donors (Lipinski definition) is 6. The van der Waals surface area contributed by atoms with Gasteiger partial charge in [0.2, 0.25) is 0 Å². The topological polar surface area (TPSA) is 157 Å². The highest BCUT2D eigenvalue weighted by Crippen LogP contribution is 2.33. The van der Waals surface area contributed by atoms with E-state index in [9.17, 15) is 35.4 Å². The number of benzene rings is 1. The fraction of sp³-hybridized carbons (Fsp3) is 0.621. The number of rotatable bonds is 13. The quantitative estimate of drug-likeness (QED) is 0.165. The first-order valence-electron chi connectivity index (χ1n) is 13.1. The zero-order valence-electron chi connectivity index (χ0n) is 23.1. The number of carbonyl (C=O) groups excluding carboxylic acids is 1. The molecule has 1 aliphatic heterocycles. The van der Waals surface area contributed by atoms with Crippen LogP contribution in [-0.2, 0) is 15.9 Å². The van der Waals surface area contributed by atoms with Gasteiger partial charge in [0.05, 0.1) is 17.8 Å². The Morgan fingerprint density at radius 3 is 2.34 bits per heavy atom. The molecule has 1 aliphatic rings. The summed E-state index contributed by atoms with van der Waals surface area (Å²) in [6, 6.07) is 1.49. The third kappa shape index (κ3) is 8.62. The summed E-state index contributed by atoms with van der Waals surface area (Å²) in [5.74, 6) is -0.195. The fourth-order valence-corrected chi connectivity index (χ4v) is 4.55. The van der Waals surface area contributed by atoms with Crippen LogP contribution in [0.4, 0.5) is 0 Å². The first kappa shape index (κ1) is 31.9. The molecular formula is C29H44O9. The molecule has 0 aromatic heterocycles. The number of phenolic OH excluding ortho intramolecular Hbond substituents is 2. The minimum Gasteiger partial charge on any atom is -0.508 e. The lowest BCUT2D eigenvalue weighted by atomic mass is 9.96. The molecule has 0 amide bonds. The third-order valence-corrected chi connectivity index (χ3v) is 7.07. The summed E-state index contributed by atoms with van der Waals surface area (Å²) in [5, 5.41) is 59.9. The average molecular weight is 537 g/mol. The van der Waals surface area contributed by atoms with E-state index in [0.29, 0.717) is 30.3 Å². The van der Waals surface area contributed by atoms with Crippen LogP contribution in [0.1, 0.15) is 81.3 Å². The number of allylic oxidation sites excluding steroid dienone is 4. The van der Waals surface area contributed by atoms with E-state index in [1.165, 1.54) is 11.6 Å². The lowest BCUT2D eigenvalue weighted by Gasteiger charge is -2.42. The van der Waals surface area contributed by atoms with Gasteiger partial charge in [0.25, 0.3) is 0 Å². The van der Waals surface area contributed by atoms with E-state index in [0.717, 1.165) is 31.3 Å². The number of phenols is 2. The highest BCUT2D eigenvalue weighted by Gasteiger charge is 2.45. The molecule has 1 aromatic rings. The summed E-state index contributed by atoms with van der Waals surface area (Å²) in [6.45, 7) is 8.95. The van der Waals surface area contributed by atoms with Crippen molar-refractivity contribution in [3.05, 3.63) is 46.1 Å². The Hall–Kier alpha value is -2.27. The molecule has 1 saturated heterocycles. The van der Waals surface area contributed by atoms with Gasteiger partial charge in [-0.05, 0) is 84.8 Å². The predicted molar refractivity (Wildman–Crippen MR) is 143 cm³/mol. The maximum atomic E-state index is 11.2. The molecule has 1 fully saturated rings. The van der Waals surface area contributed by atoms with Crippen molar-refractivity contribution >= 4 is 6.29 Å². The molecule has 0 saturated carbocycles. The molecule has 9 nitrogen and oxygen atoms in total. The lowest BCUT2D eigenvalue weighted by molar-refractivity contribution is -0.323. The number of ether oxygens (including phenoxy) is 2. The minimum atomic E-state index is -1.47. The predicted octanol–water partition coefficient (Wildman–Crippen LogP) is 3.20. The maximum absolute atomic E-state index is 11.2. The van der Waals surface area contributed by atoms with Crippen molar-refractivity contribution in [2.24, 2.45) is 0 Å². The van der Waals surface area contributed by atoms with E-state index in [4.69, 9.17) is 9.47 Å². The summed E-state index contributed by atoms with van der Waals surface area (Å²) >= 11 is 0. The Morgan fingerprint density at radius 2 is 1.71 bits per heavy atom. The van der Waals surface area contributed by atoms with Crippen molar-refractivity contribution in [2.75, 3.05) is 6.61 Å². The zero-order chi connectivity index (χ0) is 28.6. The Morgan fingerprint density at radius 1 is 1.05 bits per heavy atom. The number of aldehydes is 1. The van der Waals surface area contributed by atoms with Crippen LogP contribution in [0.2, 0.25) is 0 Å². The fourth-order valence-electron chi connectivity index (χ4n) is 4.55. The second-order valence-electron chi connectivity index (χ2n) is 10.8. The van der Waals surface area contributed by atoms with Gasteiger partial charge in [-0.1, -0.05) is 23.3 Å². The molecule has 5 atom stereocenters. The largest absolute Gasteiger partial charge is 0.508 e. The van der Waals surface area contributed by atoms with E-state index in [1.807, 2.05) is 26.8 Å². The SMILES string of the molecule is C/C(=C\Cc1c(O)cc(C)c(C=O)c1O)CC/C=C(\C)CCCC(C)(C)OC1OC(CO)C(O)C(O)C1O. The van der Waals surface area contributed by atoms with Gasteiger partial charge < -0.3 is 40.1 Å². The van der Waals surface area contributed by atoms with Crippen LogP contribution in [0.25, 0.3) is 0 Å². The van der Waals surface area contributed by atoms with E-state index in [-0.39, 0.29) is 17.1 Å². The van der Waals surface area contributed by atoms with Gasteiger partial charge in [0, 0.05) is 5.56 Å². The van der Waals surface area contributed by atoms with Gasteiger partial charge in [-0.3, -0.25) is 4.79 Å². The highest BCUT2D eigenvalue weighted by molar-refractivity contribution is 5.83. The van der Waals surface area contributed by atoms with Crippen molar-refractivity contribution in [1.29, 1.82) is 0 Å².